The van der Waals surface area contributed by atoms with E-state index in [1.807, 2.05) is 18.2 Å². The lowest BCUT2D eigenvalue weighted by Crippen LogP contribution is -2.30. The van der Waals surface area contributed by atoms with E-state index in [9.17, 15) is 22.8 Å². The molecular formula is C21H18ClF3N4O2. The molecule has 0 unspecified atom stereocenters. The number of hydrogen-bond acceptors (Lipinski definition) is 3. The van der Waals surface area contributed by atoms with Gasteiger partial charge in [-0.05, 0) is 41.6 Å². The minimum atomic E-state index is -4.61. The van der Waals surface area contributed by atoms with Gasteiger partial charge in [0.2, 0.25) is 0 Å². The van der Waals surface area contributed by atoms with E-state index in [0.29, 0.717) is 12.1 Å². The van der Waals surface area contributed by atoms with E-state index in [0.717, 1.165) is 22.4 Å². The van der Waals surface area contributed by atoms with Crippen LogP contribution in [0.1, 0.15) is 21.6 Å². The van der Waals surface area contributed by atoms with E-state index in [4.69, 9.17) is 11.6 Å². The summed E-state index contributed by atoms with van der Waals surface area (Å²) in [5, 5.41) is 8.55. The Labute approximate surface area is 180 Å². The van der Waals surface area contributed by atoms with Crippen molar-refractivity contribution in [1.82, 2.24) is 15.6 Å². The number of urea groups is 1. The summed E-state index contributed by atoms with van der Waals surface area (Å²) in [7, 11) is 1.53. The van der Waals surface area contributed by atoms with Crippen molar-refractivity contribution in [2.45, 2.75) is 12.6 Å². The molecule has 0 aliphatic heterocycles. The summed E-state index contributed by atoms with van der Waals surface area (Å²) in [6.07, 6.45) is -2.53. The van der Waals surface area contributed by atoms with Crippen molar-refractivity contribution in [1.29, 1.82) is 0 Å². The molecule has 0 atom stereocenters. The van der Waals surface area contributed by atoms with Crippen LogP contribution in [0.4, 0.5) is 23.7 Å². The van der Waals surface area contributed by atoms with Gasteiger partial charge in [0.15, 0.2) is 0 Å². The first-order valence-corrected chi connectivity index (χ1v) is 9.58. The fraction of sp³-hybridized carbons (Fsp3) is 0.190. The second kappa shape index (κ2) is 9.22. The molecule has 0 bridgehead atoms. The molecule has 1 heterocycles. The number of anilines is 1. The molecule has 0 aliphatic carbocycles. The first kappa shape index (κ1) is 22.4. The monoisotopic (exact) mass is 450 g/mol. The fourth-order valence-electron chi connectivity index (χ4n) is 2.93. The van der Waals surface area contributed by atoms with Gasteiger partial charge < -0.3 is 16.0 Å². The summed E-state index contributed by atoms with van der Waals surface area (Å²) in [4.78, 5) is 27.8. The minimum Gasteiger partial charge on any atom is -0.354 e. The molecule has 2 aromatic carbocycles. The van der Waals surface area contributed by atoms with Gasteiger partial charge in [0.1, 0.15) is 5.69 Å². The Morgan fingerprint density at radius 2 is 1.87 bits per heavy atom. The third kappa shape index (κ3) is 5.43. The minimum absolute atomic E-state index is 0.127. The topological polar surface area (TPSA) is 83.1 Å². The molecule has 3 rings (SSSR count). The van der Waals surface area contributed by atoms with Crippen LogP contribution in [0.3, 0.4) is 0 Å². The van der Waals surface area contributed by atoms with Crippen LogP contribution in [-0.2, 0) is 12.6 Å². The quantitative estimate of drug-likeness (QED) is 0.530. The van der Waals surface area contributed by atoms with Crippen LogP contribution in [0.25, 0.3) is 10.8 Å². The Balaban J connectivity index is 1.59. The highest BCUT2D eigenvalue weighted by Crippen LogP contribution is 2.38. The molecule has 0 aliphatic rings. The molecule has 31 heavy (non-hydrogen) atoms. The number of fused-ring (bicyclic) bond motifs is 1. The van der Waals surface area contributed by atoms with Crippen molar-refractivity contribution in [3.63, 3.8) is 0 Å². The average Bonchev–Trinajstić information content (AvgIpc) is 2.73. The number of nitrogens with zero attached hydrogens (tertiary/aromatic N) is 1. The Kier molecular flexibility index (Phi) is 6.65. The summed E-state index contributed by atoms with van der Waals surface area (Å²) in [6.45, 7) is 0.248. The number of amides is 3. The highest BCUT2D eigenvalue weighted by atomic mass is 35.5. The standard InChI is InChI=1S/C21H18ClF3N4O2/c1-26-19(30)17-10-13-6-5-12(9-14(13)11-28-17)7-8-27-20(31)29-16-4-2-3-15(18(16)22)21(23,24)25/h2-6,9-11H,7-8H2,1H3,(H,26,30)(H2,27,29,31). The molecule has 0 saturated heterocycles. The maximum absolute atomic E-state index is 12.9. The van der Waals surface area contributed by atoms with Gasteiger partial charge in [-0.1, -0.05) is 29.8 Å². The number of carbonyl (C=O) groups excluding carboxylic acids is 2. The molecule has 3 aromatic rings. The molecule has 3 amide bonds. The molecule has 3 N–H and O–H groups in total. The summed E-state index contributed by atoms with van der Waals surface area (Å²) >= 11 is 5.77. The summed E-state index contributed by atoms with van der Waals surface area (Å²) in [6, 6.07) is 9.92. The summed E-state index contributed by atoms with van der Waals surface area (Å²) in [5.74, 6) is -0.276. The van der Waals surface area contributed by atoms with Crippen molar-refractivity contribution >= 4 is 40.0 Å². The van der Waals surface area contributed by atoms with Gasteiger partial charge in [-0.3, -0.25) is 9.78 Å². The Hall–Kier alpha value is -3.33. The number of benzene rings is 2. The third-order valence-electron chi connectivity index (χ3n) is 4.50. The molecule has 0 fully saturated rings. The maximum Gasteiger partial charge on any atom is 0.417 e. The highest BCUT2D eigenvalue weighted by molar-refractivity contribution is 6.34. The molecule has 0 saturated carbocycles. The molecule has 162 valence electrons. The lowest BCUT2D eigenvalue weighted by Gasteiger charge is -2.13. The van der Waals surface area contributed by atoms with Crippen molar-refractivity contribution < 1.29 is 22.8 Å². The van der Waals surface area contributed by atoms with Crippen molar-refractivity contribution in [3.05, 3.63) is 70.5 Å². The molecular weight excluding hydrogens is 433 g/mol. The van der Waals surface area contributed by atoms with Crippen molar-refractivity contribution in [3.8, 4) is 0 Å². The van der Waals surface area contributed by atoms with Crippen LogP contribution in [0.5, 0.6) is 0 Å². The summed E-state index contributed by atoms with van der Waals surface area (Å²) in [5.41, 5.74) is 0.0859. The first-order valence-electron chi connectivity index (χ1n) is 9.20. The predicted octanol–water partition coefficient (Wildman–Crippen LogP) is 4.63. The molecule has 0 spiro atoms. The van der Waals surface area contributed by atoms with Gasteiger partial charge in [-0.25, -0.2) is 4.79 Å². The van der Waals surface area contributed by atoms with Crippen LogP contribution < -0.4 is 16.0 Å². The molecule has 0 radical (unpaired) electrons. The summed E-state index contributed by atoms with van der Waals surface area (Å²) < 4.78 is 38.7. The van der Waals surface area contributed by atoms with Gasteiger partial charge >= 0.3 is 12.2 Å². The second-order valence-corrected chi connectivity index (χ2v) is 7.00. The molecule has 6 nitrogen and oxygen atoms in total. The largest absolute Gasteiger partial charge is 0.417 e. The zero-order valence-electron chi connectivity index (χ0n) is 16.3. The highest BCUT2D eigenvalue weighted by Gasteiger charge is 2.34. The van der Waals surface area contributed by atoms with Gasteiger partial charge in [0.05, 0.1) is 16.3 Å². The average molecular weight is 451 g/mol. The number of rotatable bonds is 5. The van der Waals surface area contributed by atoms with Crippen LogP contribution in [0.15, 0.2) is 48.7 Å². The smallest absolute Gasteiger partial charge is 0.354 e. The van der Waals surface area contributed by atoms with Gasteiger partial charge in [0.25, 0.3) is 5.91 Å². The number of halogens is 4. The number of nitrogens with one attached hydrogen (secondary N) is 3. The van der Waals surface area contributed by atoms with Crippen LogP contribution >= 0.6 is 11.6 Å². The normalized spacial score (nSPS) is 11.3. The zero-order valence-corrected chi connectivity index (χ0v) is 17.1. The Morgan fingerprint density at radius 1 is 1.10 bits per heavy atom. The van der Waals surface area contributed by atoms with E-state index in [-0.39, 0.29) is 18.1 Å². The predicted molar refractivity (Wildman–Crippen MR) is 112 cm³/mol. The van der Waals surface area contributed by atoms with E-state index >= 15 is 0 Å². The van der Waals surface area contributed by atoms with Crippen molar-refractivity contribution in [2.75, 3.05) is 18.9 Å². The lowest BCUT2D eigenvalue weighted by molar-refractivity contribution is -0.137. The van der Waals surface area contributed by atoms with Gasteiger partial charge in [-0.15, -0.1) is 0 Å². The lowest BCUT2D eigenvalue weighted by atomic mass is 10.1. The van der Waals surface area contributed by atoms with E-state index in [1.54, 1.807) is 12.3 Å². The van der Waals surface area contributed by atoms with E-state index in [1.165, 1.54) is 19.2 Å². The number of carbonyl (C=O) groups is 2. The first-order chi connectivity index (χ1) is 14.7. The second-order valence-electron chi connectivity index (χ2n) is 6.63. The Morgan fingerprint density at radius 3 is 2.58 bits per heavy atom. The molecule has 1 aromatic heterocycles. The maximum atomic E-state index is 12.9. The zero-order chi connectivity index (χ0) is 22.6. The number of alkyl halides is 3. The van der Waals surface area contributed by atoms with E-state index < -0.39 is 22.8 Å². The van der Waals surface area contributed by atoms with Crippen LogP contribution in [0.2, 0.25) is 5.02 Å². The molecule has 10 heteroatoms. The van der Waals surface area contributed by atoms with Gasteiger partial charge in [0, 0.05) is 25.2 Å². The number of aromatic nitrogens is 1. The van der Waals surface area contributed by atoms with Gasteiger partial charge in [-0.2, -0.15) is 13.2 Å². The third-order valence-corrected chi connectivity index (χ3v) is 4.90. The Bertz CT molecular complexity index is 1140. The van der Waals surface area contributed by atoms with Crippen molar-refractivity contribution in [2.24, 2.45) is 0 Å². The van der Waals surface area contributed by atoms with E-state index in [2.05, 4.69) is 20.9 Å². The number of hydrogen-bond donors (Lipinski definition) is 3. The van der Waals surface area contributed by atoms with Crippen LogP contribution in [0, 0.1) is 0 Å². The fourth-order valence-corrected chi connectivity index (χ4v) is 3.21. The number of pyridine rings is 1. The van der Waals surface area contributed by atoms with Crippen LogP contribution in [-0.4, -0.2) is 30.5 Å². The SMILES string of the molecule is CNC(=O)c1cc2ccc(CCNC(=O)Nc3cccc(C(F)(F)F)c3Cl)cc2cn1.